The Morgan fingerprint density at radius 3 is 2.29 bits per heavy atom. The number of hydrogen-bond donors (Lipinski definition) is 0. The number of ether oxygens (including phenoxy) is 1. The van der Waals surface area contributed by atoms with Crippen molar-refractivity contribution in [2.24, 2.45) is 5.92 Å². The Bertz CT molecular complexity index is 729. The Labute approximate surface area is 170 Å². The summed E-state index contributed by atoms with van der Waals surface area (Å²) in [5.74, 6) is 0.268. The molecule has 2 fully saturated rings. The van der Waals surface area contributed by atoms with Crippen molar-refractivity contribution in [3.05, 3.63) is 29.3 Å². The molecule has 152 valence electrons. The lowest BCUT2D eigenvalue weighted by Crippen LogP contribution is -2.53. The van der Waals surface area contributed by atoms with E-state index >= 15 is 0 Å². The number of benzene rings is 1. The van der Waals surface area contributed by atoms with Gasteiger partial charge in [-0.1, -0.05) is 11.6 Å². The van der Waals surface area contributed by atoms with E-state index in [1.54, 1.807) is 39.0 Å². The highest BCUT2D eigenvalue weighted by molar-refractivity contribution is 6.30. The van der Waals surface area contributed by atoms with E-state index in [9.17, 15) is 14.4 Å². The minimum absolute atomic E-state index is 0.0148. The lowest BCUT2D eigenvalue weighted by molar-refractivity contribution is -0.142. The van der Waals surface area contributed by atoms with Crippen LogP contribution in [0.5, 0.6) is 5.75 Å². The standard InChI is InChI=1S/C20H26ClN3O4/c1-14(2)24-12-15(11-18(24)25)20(27)23-9-7-22(8-10-23)19(26)13-28-17-5-3-16(21)4-6-17/h3-6,14-15H,7-13H2,1-2H3. The van der Waals surface area contributed by atoms with Crippen molar-refractivity contribution < 1.29 is 19.1 Å². The molecular weight excluding hydrogens is 382 g/mol. The first-order valence-electron chi connectivity index (χ1n) is 9.59. The molecule has 1 atom stereocenters. The molecule has 2 aliphatic heterocycles. The SMILES string of the molecule is CC(C)N1CC(C(=O)N2CCN(C(=O)COc3ccc(Cl)cc3)CC2)CC1=O. The van der Waals surface area contributed by atoms with Crippen molar-refractivity contribution in [1.29, 1.82) is 0 Å². The van der Waals surface area contributed by atoms with Crippen molar-refractivity contribution in [2.75, 3.05) is 39.3 Å². The molecule has 1 aromatic rings. The van der Waals surface area contributed by atoms with Crippen molar-refractivity contribution in [3.8, 4) is 5.75 Å². The third kappa shape index (κ3) is 4.76. The Morgan fingerprint density at radius 1 is 1.11 bits per heavy atom. The largest absolute Gasteiger partial charge is 0.484 e. The van der Waals surface area contributed by atoms with Gasteiger partial charge in [0.2, 0.25) is 11.8 Å². The summed E-state index contributed by atoms with van der Waals surface area (Å²) in [4.78, 5) is 42.4. The van der Waals surface area contributed by atoms with Gasteiger partial charge in [0, 0.05) is 50.2 Å². The molecule has 3 amide bonds. The van der Waals surface area contributed by atoms with E-state index in [0.717, 1.165) is 0 Å². The second-order valence-electron chi connectivity index (χ2n) is 7.49. The molecule has 0 radical (unpaired) electrons. The zero-order chi connectivity index (χ0) is 20.3. The van der Waals surface area contributed by atoms with E-state index in [2.05, 4.69) is 0 Å². The van der Waals surface area contributed by atoms with Crippen LogP contribution in [-0.2, 0) is 14.4 Å². The Morgan fingerprint density at radius 2 is 1.71 bits per heavy atom. The highest BCUT2D eigenvalue weighted by Gasteiger charge is 2.38. The first-order valence-corrected chi connectivity index (χ1v) is 9.97. The molecule has 2 heterocycles. The lowest BCUT2D eigenvalue weighted by atomic mass is 10.1. The fourth-order valence-corrected chi connectivity index (χ4v) is 3.72. The minimum Gasteiger partial charge on any atom is -0.484 e. The van der Waals surface area contributed by atoms with Gasteiger partial charge in [-0.05, 0) is 38.1 Å². The molecule has 1 unspecified atom stereocenters. The zero-order valence-electron chi connectivity index (χ0n) is 16.3. The summed E-state index contributed by atoms with van der Waals surface area (Å²) in [7, 11) is 0. The van der Waals surface area contributed by atoms with E-state index in [-0.39, 0.29) is 42.7 Å². The highest BCUT2D eigenvalue weighted by atomic mass is 35.5. The van der Waals surface area contributed by atoms with Gasteiger partial charge in [-0.2, -0.15) is 0 Å². The van der Waals surface area contributed by atoms with Crippen LogP contribution in [0, 0.1) is 5.92 Å². The molecule has 7 nitrogen and oxygen atoms in total. The fraction of sp³-hybridized carbons (Fsp3) is 0.550. The monoisotopic (exact) mass is 407 g/mol. The van der Waals surface area contributed by atoms with Crippen molar-refractivity contribution in [2.45, 2.75) is 26.3 Å². The van der Waals surface area contributed by atoms with Crippen LogP contribution in [0.15, 0.2) is 24.3 Å². The summed E-state index contributed by atoms with van der Waals surface area (Å²) in [5, 5.41) is 0.611. The number of carbonyl (C=O) groups excluding carboxylic acids is 3. The Balaban J connectivity index is 1.45. The molecule has 0 bridgehead atoms. The first kappa shape index (κ1) is 20.5. The van der Waals surface area contributed by atoms with Crippen LogP contribution in [0.2, 0.25) is 5.02 Å². The zero-order valence-corrected chi connectivity index (χ0v) is 17.0. The van der Waals surface area contributed by atoms with Gasteiger partial charge in [-0.15, -0.1) is 0 Å². The molecule has 2 saturated heterocycles. The quantitative estimate of drug-likeness (QED) is 0.744. The second-order valence-corrected chi connectivity index (χ2v) is 7.93. The number of likely N-dealkylation sites (tertiary alicyclic amines) is 1. The van der Waals surface area contributed by atoms with Crippen LogP contribution in [-0.4, -0.2) is 77.8 Å². The fourth-order valence-electron chi connectivity index (χ4n) is 3.60. The number of piperazine rings is 1. The summed E-state index contributed by atoms with van der Waals surface area (Å²) < 4.78 is 5.50. The topological polar surface area (TPSA) is 70.2 Å². The van der Waals surface area contributed by atoms with Gasteiger partial charge >= 0.3 is 0 Å². The van der Waals surface area contributed by atoms with Crippen LogP contribution in [0.4, 0.5) is 0 Å². The second kappa shape index (κ2) is 8.82. The molecule has 2 aliphatic rings. The smallest absolute Gasteiger partial charge is 0.260 e. The molecule has 0 spiro atoms. The minimum atomic E-state index is -0.273. The summed E-state index contributed by atoms with van der Waals surface area (Å²) in [6.45, 7) is 6.28. The van der Waals surface area contributed by atoms with E-state index in [1.165, 1.54) is 0 Å². The predicted molar refractivity (Wildman–Crippen MR) is 105 cm³/mol. The predicted octanol–water partition coefficient (Wildman–Crippen LogP) is 1.65. The average molecular weight is 408 g/mol. The Hall–Kier alpha value is -2.28. The summed E-state index contributed by atoms with van der Waals surface area (Å²) in [5.41, 5.74) is 0. The van der Waals surface area contributed by atoms with Gasteiger partial charge in [0.1, 0.15) is 5.75 Å². The van der Waals surface area contributed by atoms with E-state index in [0.29, 0.717) is 43.5 Å². The molecule has 1 aromatic carbocycles. The molecule has 0 saturated carbocycles. The summed E-state index contributed by atoms with van der Waals surface area (Å²) in [6.07, 6.45) is 0.283. The van der Waals surface area contributed by atoms with Crippen molar-refractivity contribution in [3.63, 3.8) is 0 Å². The molecule has 0 aliphatic carbocycles. The average Bonchev–Trinajstić information content (AvgIpc) is 3.09. The molecule has 3 rings (SSSR count). The lowest BCUT2D eigenvalue weighted by Gasteiger charge is -2.36. The van der Waals surface area contributed by atoms with Crippen LogP contribution in [0.3, 0.4) is 0 Å². The van der Waals surface area contributed by atoms with E-state index in [1.807, 2.05) is 13.8 Å². The van der Waals surface area contributed by atoms with Crippen molar-refractivity contribution >= 4 is 29.3 Å². The molecule has 0 aromatic heterocycles. The number of nitrogens with zero attached hydrogens (tertiary/aromatic N) is 3. The summed E-state index contributed by atoms with van der Waals surface area (Å²) in [6, 6.07) is 6.96. The van der Waals surface area contributed by atoms with Gasteiger partial charge in [0.15, 0.2) is 6.61 Å². The van der Waals surface area contributed by atoms with Crippen LogP contribution in [0.25, 0.3) is 0 Å². The maximum absolute atomic E-state index is 12.7. The highest BCUT2D eigenvalue weighted by Crippen LogP contribution is 2.23. The number of carbonyl (C=O) groups is 3. The van der Waals surface area contributed by atoms with Gasteiger partial charge < -0.3 is 19.4 Å². The van der Waals surface area contributed by atoms with Crippen LogP contribution in [0.1, 0.15) is 20.3 Å². The number of halogens is 1. The first-order chi connectivity index (χ1) is 13.3. The van der Waals surface area contributed by atoms with Gasteiger partial charge in [0.25, 0.3) is 5.91 Å². The van der Waals surface area contributed by atoms with Crippen molar-refractivity contribution in [1.82, 2.24) is 14.7 Å². The van der Waals surface area contributed by atoms with E-state index in [4.69, 9.17) is 16.3 Å². The van der Waals surface area contributed by atoms with Crippen LogP contribution >= 0.6 is 11.6 Å². The molecule has 0 N–H and O–H groups in total. The van der Waals surface area contributed by atoms with Gasteiger partial charge in [0.05, 0.1) is 5.92 Å². The third-order valence-electron chi connectivity index (χ3n) is 5.25. The number of hydrogen-bond acceptors (Lipinski definition) is 4. The summed E-state index contributed by atoms with van der Waals surface area (Å²) >= 11 is 5.83. The maximum atomic E-state index is 12.7. The molecule has 28 heavy (non-hydrogen) atoms. The number of amides is 3. The van der Waals surface area contributed by atoms with Gasteiger partial charge in [-0.3, -0.25) is 14.4 Å². The molecular formula is C20H26ClN3O4. The third-order valence-corrected chi connectivity index (χ3v) is 5.50. The maximum Gasteiger partial charge on any atom is 0.260 e. The van der Waals surface area contributed by atoms with E-state index < -0.39 is 0 Å². The van der Waals surface area contributed by atoms with Gasteiger partial charge in [-0.25, -0.2) is 0 Å². The van der Waals surface area contributed by atoms with Crippen LogP contribution < -0.4 is 4.74 Å². The molecule has 8 heteroatoms. The normalized spacial score (nSPS) is 20.1. The Kier molecular flexibility index (Phi) is 6.44. The number of rotatable bonds is 5.